The van der Waals surface area contributed by atoms with Crippen LogP contribution in [-0.4, -0.2) is 18.2 Å². The predicted molar refractivity (Wildman–Crippen MR) is 98.1 cm³/mol. The normalized spacial score (nSPS) is 11.5. The van der Waals surface area contributed by atoms with Crippen LogP contribution in [0.2, 0.25) is 0 Å². The molecule has 0 saturated carbocycles. The highest BCUT2D eigenvalue weighted by molar-refractivity contribution is 5.97. The van der Waals surface area contributed by atoms with Gasteiger partial charge >= 0.3 is 0 Å². The van der Waals surface area contributed by atoms with E-state index in [-0.39, 0.29) is 12.5 Å². The van der Waals surface area contributed by atoms with Gasteiger partial charge in [0.1, 0.15) is 5.75 Å². The van der Waals surface area contributed by atoms with Gasteiger partial charge in [-0.1, -0.05) is 48.5 Å². The van der Waals surface area contributed by atoms with Crippen LogP contribution in [0.15, 0.2) is 59.7 Å². The second kappa shape index (κ2) is 8.67. The molecule has 0 saturated heterocycles. The van der Waals surface area contributed by atoms with Crippen molar-refractivity contribution in [3.05, 3.63) is 71.3 Å². The molecular formula is C20H22N2O2. The lowest BCUT2D eigenvalue weighted by atomic mass is 10.1. The third kappa shape index (κ3) is 5.72. The molecule has 4 heteroatoms. The molecule has 2 aromatic rings. The molecule has 0 aliphatic rings. The molecule has 0 unspecified atom stereocenters. The van der Waals surface area contributed by atoms with Crippen molar-refractivity contribution in [1.29, 1.82) is 0 Å². The molecule has 0 fully saturated rings. The number of carbonyl (C=O) groups is 1. The summed E-state index contributed by atoms with van der Waals surface area (Å²) in [6, 6.07) is 15.8. The first-order chi connectivity index (χ1) is 11.5. The second-order valence-electron chi connectivity index (χ2n) is 5.59. The van der Waals surface area contributed by atoms with Gasteiger partial charge in [0.2, 0.25) is 0 Å². The Balaban J connectivity index is 1.83. The number of ether oxygens (including phenoxy) is 1. The summed E-state index contributed by atoms with van der Waals surface area (Å²) in [5.74, 6) is 0.429. The summed E-state index contributed by atoms with van der Waals surface area (Å²) in [5, 5.41) is 4.04. The first kappa shape index (κ1) is 17.5. The van der Waals surface area contributed by atoms with Gasteiger partial charge in [0, 0.05) is 0 Å². The first-order valence-electron chi connectivity index (χ1n) is 7.81. The van der Waals surface area contributed by atoms with E-state index in [2.05, 4.69) is 10.5 Å². The molecule has 0 atom stereocenters. The molecule has 0 aromatic heterocycles. The fourth-order valence-electron chi connectivity index (χ4n) is 2.01. The number of allylic oxidation sites excluding steroid dienone is 1. The highest BCUT2D eigenvalue weighted by Crippen LogP contribution is 2.18. The van der Waals surface area contributed by atoms with E-state index < -0.39 is 0 Å². The Bertz CT molecular complexity index is 749. The highest BCUT2D eigenvalue weighted by atomic mass is 16.5. The first-order valence-corrected chi connectivity index (χ1v) is 7.81. The molecular weight excluding hydrogens is 300 g/mol. The lowest BCUT2D eigenvalue weighted by Gasteiger charge is -2.09. The van der Waals surface area contributed by atoms with Crippen LogP contribution in [0.25, 0.3) is 6.08 Å². The number of amides is 1. The highest BCUT2D eigenvalue weighted by Gasteiger charge is 2.04. The van der Waals surface area contributed by atoms with E-state index in [4.69, 9.17) is 4.74 Å². The molecule has 1 N–H and O–H groups in total. The van der Waals surface area contributed by atoms with Crippen molar-refractivity contribution in [2.75, 3.05) is 6.61 Å². The predicted octanol–water partition coefficient (Wildman–Crippen LogP) is 3.89. The third-order valence-electron chi connectivity index (χ3n) is 3.38. The van der Waals surface area contributed by atoms with Crippen LogP contribution >= 0.6 is 0 Å². The Hall–Kier alpha value is -2.88. The van der Waals surface area contributed by atoms with Gasteiger partial charge in [-0.25, -0.2) is 5.43 Å². The van der Waals surface area contributed by atoms with Crippen LogP contribution in [0.1, 0.15) is 23.6 Å². The van der Waals surface area contributed by atoms with Crippen molar-refractivity contribution in [3.8, 4) is 5.75 Å². The Morgan fingerprint density at radius 3 is 2.67 bits per heavy atom. The van der Waals surface area contributed by atoms with Gasteiger partial charge in [-0.3, -0.25) is 4.79 Å². The third-order valence-corrected chi connectivity index (χ3v) is 3.38. The zero-order valence-corrected chi connectivity index (χ0v) is 14.2. The maximum Gasteiger partial charge on any atom is 0.277 e. The number of hydrogen-bond acceptors (Lipinski definition) is 3. The molecule has 0 aliphatic carbocycles. The summed E-state index contributed by atoms with van der Waals surface area (Å²) in [5.41, 5.74) is 6.38. The lowest BCUT2D eigenvalue weighted by Crippen LogP contribution is -2.25. The van der Waals surface area contributed by atoms with Gasteiger partial charge in [0.25, 0.3) is 5.91 Å². The second-order valence-corrected chi connectivity index (χ2v) is 5.59. The molecule has 1 amide bonds. The van der Waals surface area contributed by atoms with Gasteiger partial charge in [0.15, 0.2) is 6.61 Å². The average Bonchev–Trinajstić information content (AvgIpc) is 2.59. The standard InChI is InChI=1S/C20H22N2O2/c1-15-9-10-16(2)19(13-15)24-14-20(23)22-21-17(3)11-12-18-7-5-4-6-8-18/h4-13H,14H2,1-3H3,(H,22,23)/b12-11+,21-17-. The largest absolute Gasteiger partial charge is 0.483 e. The van der Waals surface area contributed by atoms with E-state index in [1.807, 2.05) is 81.5 Å². The van der Waals surface area contributed by atoms with E-state index in [9.17, 15) is 4.79 Å². The van der Waals surface area contributed by atoms with E-state index in [0.717, 1.165) is 22.4 Å². The molecule has 0 heterocycles. The molecule has 2 rings (SSSR count). The van der Waals surface area contributed by atoms with Gasteiger partial charge in [-0.2, -0.15) is 5.10 Å². The number of benzene rings is 2. The smallest absolute Gasteiger partial charge is 0.277 e. The maximum atomic E-state index is 11.8. The number of hydrogen-bond donors (Lipinski definition) is 1. The quantitative estimate of drug-likeness (QED) is 0.648. The van der Waals surface area contributed by atoms with Crippen LogP contribution in [0.5, 0.6) is 5.75 Å². The van der Waals surface area contributed by atoms with Crippen LogP contribution < -0.4 is 10.2 Å². The summed E-state index contributed by atoms with van der Waals surface area (Å²) < 4.78 is 5.54. The molecule has 0 spiro atoms. The fraction of sp³-hybridized carbons (Fsp3) is 0.200. The molecule has 124 valence electrons. The molecule has 24 heavy (non-hydrogen) atoms. The van der Waals surface area contributed by atoms with E-state index in [1.165, 1.54) is 0 Å². The van der Waals surface area contributed by atoms with Crippen molar-refractivity contribution >= 4 is 17.7 Å². The summed E-state index contributed by atoms with van der Waals surface area (Å²) in [6.45, 7) is 5.69. The minimum Gasteiger partial charge on any atom is -0.483 e. The molecule has 0 aliphatic heterocycles. The maximum absolute atomic E-state index is 11.8. The lowest BCUT2D eigenvalue weighted by molar-refractivity contribution is -0.123. The van der Waals surface area contributed by atoms with E-state index in [0.29, 0.717) is 5.71 Å². The number of nitrogens with zero attached hydrogens (tertiary/aromatic N) is 1. The van der Waals surface area contributed by atoms with Crippen molar-refractivity contribution < 1.29 is 9.53 Å². The van der Waals surface area contributed by atoms with Crippen molar-refractivity contribution in [2.24, 2.45) is 5.10 Å². The summed E-state index contributed by atoms with van der Waals surface area (Å²) in [7, 11) is 0. The monoisotopic (exact) mass is 322 g/mol. The van der Waals surface area contributed by atoms with Crippen LogP contribution in [0, 0.1) is 13.8 Å². The van der Waals surface area contributed by atoms with Crippen LogP contribution in [-0.2, 0) is 4.79 Å². The Morgan fingerprint density at radius 1 is 1.17 bits per heavy atom. The van der Waals surface area contributed by atoms with E-state index >= 15 is 0 Å². The zero-order chi connectivity index (χ0) is 17.4. The van der Waals surface area contributed by atoms with Crippen molar-refractivity contribution in [3.63, 3.8) is 0 Å². The zero-order valence-electron chi connectivity index (χ0n) is 14.2. The van der Waals surface area contributed by atoms with Gasteiger partial charge in [-0.05, 0) is 49.6 Å². The number of carbonyl (C=O) groups excluding carboxylic acids is 1. The van der Waals surface area contributed by atoms with Crippen LogP contribution in [0.3, 0.4) is 0 Å². The van der Waals surface area contributed by atoms with Gasteiger partial charge in [-0.15, -0.1) is 0 Å². The molecule has 2 aromatic carbocycles. The summed E-state index contributed by atoms with van der Waals surface area (Å²) in [4.78, 5) is 11.8. The van der Waals surface area contributed by atoms with Crippen molar-refractivity contribution in [2.45, 2.75) is 20.8 Å². The average molecular weight is 322 g/mol. The Labute approximate surface area is 142 Å². The summed E-state index contributed by atoms with van der Waals surface area (Å²) in [6.07, 6.45) is 3.79. The van der Waals surface area contributed by atoms with Gasteiger partial charge < -0.3 is 4.74 Å². The molecule has 4 nitrogen and oxygen atoms in total. The van der Waals surface area contributed by atoms with Crippen LogP contribution in [0.4, 0.5) is 0 Å². The molecule has 0 radical (unpaired) electrons. The SMILES string of the molecule is CC(/C=C/c1ccccc1)=N/NC(=O)COc1cc(C)ccc1C. The number of aryl methyl sites for hydroxylation is 2. The Kier molecular flexibility index (Phi) is 6.32. The summed E-state index contributed by atoms with van der Waals surface area (Å²) >= 11 is 0. The fourth-order valence-corrected chi connectivity index (χ4v) is 2.01. The number of nitrogens with one attached hydrogen (secondary N) is 1. The topological polar surface area (TPSA) is 50.7 Å². The Morgan fingerprint density at radius 2 is 1.92 bits per heavy atom. The van der Waals surface area contributed by atoms with Crippen molar-refractivity contribution in [1.82, 2.24) is 5.43 Å². The molecule has 0 bridgehead atoms. The number of hydrazone groups is 1. The minimum absolute atomic E-state index is 0.0660. The number of rotatable bonds is 6. The van der Waals surface area contributed by atoms with Gasteiger partial charge in [0.05, 0.1) is 5.71 Å². The van der Waals surface area contributed by atoms with E-state index in [1.54, 1.807) is 0 Å². The minimum atomic E-state index is -0.289.